The highest BCUT2D eigenvalue weighted by atomic mass is 35.5. The van der Waals surface area contributed by atoms with Gasteiger partial charge in [-0.2, -0.15) is 5.10 Å². The first-order chi connectivity index (χ1) is 6.59. The van der Waals surface area contributed by atoms with Crippen LogP contribution in [-0.4, -0.2) is 28.8 Å². The molecule has 0 saturated carbocycles. The van der Waals surface area contributed by atoms with Gasteiger partial charge in [0.2, 0.25) is 0 Å². The lowest BCUT2D eigenvalue weighted by atomic mass is 9.89. The van der Waals surface area contributed by atoms with Crippen LogP contribution in [0.2, 0.25) is 0 Å². The van der Waals surface area contributed by atoms with Crippen molar-refractivity contribution < 1.29 is 8.78 Å². The third-order valence-electron chi connectivity index (χ3n) is 2.61. The molecule has 1 fully saturated rings. The second kappa shape index (κ2) is 4.45. The number of aromatic nitrogens is 2. The summed E-state index contributed by atoms with van der Waals surface area (Å²) in [5.41, 5.74) is 0.638. The number of halogens is 3. The summed E-state index contributed by atoms with van der Waals surface area (Å²) < 4.78 is 28.5. The maximum absolute atomic E-state index is 13.5. The van der Waals surface area contributed by atoms with Gasteiger partial charge in [-0.1, -0.05) is 0 Å². The first kappa shape index (κ1) is 12.4. The fourth-order valence-electron chi connectivity index (χ4n) is 1.87. The van der Waals surface area contributed by atoms with E-state index in [0.717, 1.165) is 0 Å². The number of nitrogens with one attached hydrogen (secondary N) is 1. The van der Waals surface area contributed by atoms with Gasteiger partial charge in [-0.25, -0.2) is 8.78 Å². The van der Waals surface area contributed by atoms with Crippen molar-refractivity contribution in [3.8, 4) is 0 Å². The fourth-order valence-corrected chi connectivity index (χ4v) is 1.87. The highest BCUT2D eigenvalue weighted by molar-refractivity contribution is 5.85. The summed E-state index contributed by atoms with van der Waals surface area (Å²) in [6, 6.07) is 0. The second-order valence-corrected chi connectivity index (χ2v) is 3.73. The molecule has 0 aliphatic carbocycles. The topological polar surface area (TPSA) is 29.9 Å². The van der Waals surface area contributed by atoms with Gasteiger partial charge < -0.3 is 5.32 Å². The van der Waals surface area contributed by atoms with Gasteiger partial charge in [0.15, 0.2) is 0 Å². The number of nitrogens with zero attached hydrogens (tertiary/aromatic N) is 2. The predicted molar refractivity (Wildman–Crippen MR) is 55.6 cm³/mol. The monoisotopic (exact) mass is 237 g/mol. The molecule has 0 bridgehead atoms. The smallest absolute Gasteiger partial charge is 0.267 e. The van der Waals surface area contributed by atoms with Crippen molar-refractivity contribution >= 4 is 12.4 Å². The SMILES string of the molecule is Cl.Cn1cc(C2CCNCC2(F)F)cn1. The molecular formula is C9H14ClF2N3. The molecule has 1 aliphatic heterocycles. The molecular weight excluding hydrogens is 224 g/mol. The molecule has 1 N–H and O–H groups in total. The molecule has 1 atom stereocenters. The highest BCUT2D eigenvalue weighted by Crippen LogP contribution is 2.37. The molecule has 6 heteroatoms. The summed E-state index contributed by atoms with van der Waals surface area (Å²) in [6.45, 7) is 0.418. The van der Waals surface area contributed by atoms with Crippen molar-refractivity contribution in [2.45, 2.75) is 18.3 Å². The Hall–Kier alpha value is -0.680. The summed E-state index contributed by atoms with van der Waals surface area (Å²) in [4.78, 5) is 0. The van der Waals surface area contributed by atoms with E-state index in [0.29, 0.717) is 18.5 Å². The van der Waals surface area contributed by atoms with Gasteiger partial charge in [0.05, 0.1) is 18.7 Å². The number of rotatable bonds is 1. The van der Waals surface area contributed by atoms with E-state index in [4.69, 9.17) is 0 Å². The Morgan fingerprint density at radius 1 is 1.60 bits per heavy atom. The minimum atomic E-state index is -2.65. The van der Waals surface area contributed by atoms with E-state index < -0.39 is 11.8 Å². The molecule has 2 heterocycles. The molecule has 1 saturated heterocycles. The summed E-state index contributed by atoms with van der Waals surface area (Å²) in [7, 11) is 1.74. The highest BCUT2D eigenvalue weighted by Gasteiger charge is 2.42. The van der Waals surface area contributed by atoms with Gasteiger partial charge in [-0.3, -0.25) is 4.68 Å². The van der Waals surface area contributed by atoms with Crippen LogP contribution in [0.15, 0.2) is 12.4 Å². The van der Waals surface area contributed by atoms with Gasteiger partial charge in [-0.15, -0.1) is 12.4 Å². The van der Waals surface area contributed by atoms with E-state index in [1.54, 1.807) is 17.9 Å². The molecule has 0 aromatic carbocycles. The van der Waals surface area contributed by atoms with Crippen LogP contribution in [-0.2, 0) is 7.05 Å². The average Bonchev–Trinajstić information content (AvgIpc) is 2.51. The van der Waals surface area contributed by atoms with Crippen molar-refractivity contribution in [2.24, 2.45) is 7.05 Å². The summed E-state index contributed by atoms with van der Waals surface area (Å²) in [5.74, 6) is -3.33. The van der Waals surface area contributed by atoms with E-state index >= 15 is 0 Å². The number of alkyl halides is 2. The first-order valence-electron chi connectivity index (χ1n) is 4.67. The Morgan fingerprint density at radius 2 is 2.33 bits per heavy atom. The third-order valence-corrected chi connectivity index (χ3v) is 2.61. The summed E-state index contributed by atoms with van der Waals surface area (Å²) in [5, 5.41) is 6.62. The Labute approximate surface area is 93.3 Å². The molecule has 2 rings (SSSR count). The molecule has 0 amide bonds. The minimum absolute atomic E-state index is 0. The van der Waals surface area contributed by atoms with Crippen LogP contribution in [0.3, 0.4) is 0 Å². The number of hydrogen-bond acceptors (Lipinski definition) is 2. The van der Waals surface area contributed by atoms with Crippen LogP contribution in [0, 0.1) is 0 Å². The molecule has 86 valence electrons. The van der Waals surface area contributed by atoms with Crippen LogP contribution >= 0.6 is 12.4 Å². The molecule has 0 spiro atoms. The van der Waals surface area contributed by atoms with Gasteiger partial charge >= 0.3 is 0 Å². The van der Waals surface area contributed by atoms with Crippen molar-refractivity contribution in [3.05, 3.63) is 18.0 Å². The number of hydrogen-bond donors (Lipinski definition) is 1. The molecule has 0 radical (unpaired) electrons. The average molecular weight is 238 g/mol. The molecule has 1 aliphatic rings. The van der Waals surface area contributed by atoms with Crippen molar-refractivity contribution in [2.75, 3.05) is 13.1 Å². The van der Waals surface area contributed by atoms with Crippen molar-refractivity contribution in [1.29, 1.82) is 0 Å². The lowest BCUT2D eigenvalue weighted by Crippen LogP contribution is -2.44. The third kappa shape index (κ3) is 2.46. The zero-order chi connectivity index (χ0) is 10.2. The number of aryl methyl sites for hydroxylation is 1. The Kier molecular flexibility index (Phi) is 3.67. The van der Waals surface area contributed by atoms with Gasteiger partial charge in [0, 0.05) is 13.2 Å². The van der Waals surface area contributed by atoms with Gasteiger partial charge in [0.25, 0.3) is 5.92 Å². The van der Waals surface area contributed by atoms with E-state index in [1.165, 1.54) is 6.20 Å². The quantitative estimate of drug-likeness (QED) is 0.803. The van der Waals surface area contributed by atoms with Crippen molar-refractivity contribution in [3.63, 3.8) is 0 Å². The van der Waals surface area contributed by atoms with Crippen LogP contribution in [0.1, 0.15) is 17.9 Å². The molecule has 1 unspecified atom stereocenters. The largest absolute Gasteiger partial charge is 0.311 e. The molecule has 1 aromatic rings. The Bertz CT molecular complexity index is 327. The molecule has 1 aromatic heterocycles. The predicted octanol–water partition coefficient (Wildman–Crippen LogP) is 1.55. The van der Waals surface area contributed by atoms with Gasteiger partial charge in [0.1, 0.15) is 0 Å². The lowest BCUT2D eigenvalue weighted by Gasteiger charge is -2.31. The maximum atomic E-state index is 13.5. The minimum Gasteiger partial charge on any atom is -0.311 e. The van der Waals surface area contributed by atoms with E-state index in [-0.39, 0.29) is 19.0 Å². The number of piperidine rings is 1. The van der Waals surface area contributed by atoms with Gasteiger partial charge in [-0.05, 0) is 18.5 Å². The normalized spacial score (nSPS) is 24.6. The second-order valence-electron chi connectivity index (χ2n) is 3.73. The lowest BCUT2D eigenvalue weighted by molar-refractivity contribution is -0.0420. The van der Waals surface area contributed by atoms with Crippen LogP contribution < -0.4 is 5.32 Å². The summed E-state index contributed by atoms with van der Waals surface area (Å²) >= 11 is 0. The van der Waals surface area contributed by atoms with Crippen molar-refractivity contribution in [1.82, 2.24) is 15.1 Å². The molecule has 15 heavy (non-hydrogen) atoms. The van der Waals surface area contributed by atoms with E-state index in [9.17, 15) is 8.78 Å². The van der Waals surface area contributed by atoms with Crippen LogP contribution in [0.4, 0.5) is 8.78 Å². The van der Waals surface area contributed by atoms with E-state index in [2.05, 4.69) is 10.4 Å². The molecule has 3 nitrogen and oxygen atoms in total. The van der Waals surface area contributed by atoms with Crippen LogP contribution in [0.25, 0.3) is 0 Å². The van der Waals surface area contributed by atoms with E-state index in [1.807, 2.05) is 0 Å². The summed E-state index contributed by atoms with van der Waals surface area (Å²) in [6.07, 6.45) is 3.67. The fraction of sp³-hybridized carbons (Fsp3) is 0.667. The Balaban J connectivity index is 0.00000112. The maximum Gasteiger partial charge on any atom is 0.267 e. The first-order valence-corrected chi connectivity index (χ1v) is 4.67. The van der Waals surface area contributed by atoms with Crippen LogP contribution in [0.5, 0.6) is 0 Å². The zero-order valence-electron chi connectivity index (χ0n) is 8.41. The zero-order valence-corrected chi connectivity index (χ0v) is 9.23. The Morgan fingerprint density at radius 3 is 2.87 bits per heavy atom. The standard InChI is InChI=1S/C9H13F2N3.ClH/c1-14-5-7(4-13-14)8-2-3-12-6-9(8,10)11;/h4-5,8,12H,2-3,6H2,1H3;1H.